The minimum atomic E-state index is -0.455. The van der Waals surface area contributed by atoms with Gasteiger partial charge in [0.25, 0.3) is 5.91 Å². The summed E-state index contributed by atoms with van der Waals surface area (Å²) >= 11 is 0. The summed E-state index contributed by atoms with van der Waals surface area (Å²) in [6, 6.07) is 9.04. The number of benzene rings is 1. The normalized spacial score (nSPS) is 21.5. The lowest BCUT2D eigenvalue weighted by Gasteiger charge is -2.34. The highest BCUT2D eigenvalue weighted by Crippen LogP contribution is 2.23. The highest BCUT2D eigenvalue weighted by Gasteiger charge is 2.22. The molecule has 6 nitrogen and oxygen atoms in total. The molecular weight excluding hydrogens is 294 g/mol. The Hall–Kier alpha value is -2.52. The number of carbonyl (C=O) groups is 1. The molecule has 23 heavy (non-hydrogen) atoms. The van der Waals surface area contributed by atoms with Gasteiger partial charge >= 0.3 is 0 Å². The van der Waals surface area contributed by atoms with E-state index < -0.39 is 5.91 Å². The van der Waals surface area contributed by atoms with Gasteiger partial charge in [-0.2, -0.15) is 5.26 Å². The Labute approximate surface area is 136 Å². The molecule has 122 valence electrons. The molecule has 2 rings (SSSR count). The van der Waals surface area contributed by atoms with Gasteiger partial charge in [-0.25, -0.2) is 0 Å². The fraction of sp³-hybridized carbons (Fsp3) is 0.412. The third kappa shape index (κ3) is 4.47. The first kappa shape index (κ1) is 16.8. The summed E-state index contributed by atoms with van der Waals surface area (Å²) in [6.07, 6.45) is 1.72. The van der Waals surface area contributed by atoms with Crippen LogP contribution in [-0.2, 0) is 9.53 Å². The van der Waals surface area contributed by atoms with Crippen molar-refractivity contribution in [3.8, 4) is 11.8 Å². The lowest BCUT2D eigenvalue weighted by Crippen LogP contribution is -2.43. The molecule has 0 saturated carbocycles. The van der Waals surface area contributed by atoms with Crippen LogP contribution < -0.4 is 10.1 Å². The number of carbonyl (C=O) groups excluding carboxylic acids is 1. The van der Waals surface area contributed by atoms with E-state index in [2.05, 4.69) is 5.32 Å². The summed E-state index contributed by atoms with van der Waals surface area (Å²) in [5, 5.41) is 12.0. The molecule has 0 spiro atoms. The molecule has 1 amide bonds. The van der Waals surface area contributed by atoms with Crippen LogP contribution in [0, 0.1) is 11.3 Å². The lowest BCUT2D eigenvalue weighted by molar-refractivity contribution is -0.112. The third-order valence-corrected chi connectivity index (χ3v) is 3.48. The highest BCUT2D eigenvalue weighted by atomic mass is 16.5. The van der Waals surface area contributed by atoms with E-state index in [9.17, 15) is 10.1 Å². The van der Waals surface area contributed by atoms with Crippen molar-refractivity contribution in [3.63, 3.8) is 0 Å². The number of anilines is 1. The van der Waals surface area contributed by atoms with E-state index in [0.717, 1.165) is 0 Å². The molecule has 0 aromatic heterocycles. The highest BCUT2D eigenvalue weighted by molar-refractivity contribution is 6.07. The molecule has 1 heterocycles. The molecule has 0 aliphatic carbocycles. The minimum Gasteiger partial charge on any atom is -0.495 e. The molecule has 0 radical (unpaired) electrons. The average Bonchev–Trinajstić information content (AvgIpc) is 2.52. The molecule has 1 saturated heterocycles. The van der Waals surface area contributed by atoms with Gasteiger partial charge in [0.15, 0.2) is 0 Å². The van der Waals surface area contributed by atoms with Crippen molar-refractivity contribution in [2.75, 3.05) is 25.5 Å². The molecule has 6 heteroatoms. The van der Waals surface area contributed by atoms with Gasteiger partial charge in [0.2, 0.25) is 0 Å². The lowest BCUT2D eigenvalue weighted by atomic mass is 10.2. The largest absolute Gasteiger partial charge is 0.495 e. The van der Waals surface area contributed by atoms with Crippen LogP contribution >= 0.6 is 0 Å². The number of morpholine rings is 1. The van der Waals surface area contributed by atoms with Crippen molar-refractivity contribution in [2.24, 2.45) is 0 Å². The Kier molecular flexibility index (Phi) is 5.61. The zero-order chi connectivity index (χ0) is 16.8. The molecule has 2 unspecified atom stereocenters. The maximum atomic E-state index is 12.3. The molecule has 0 bridgehead atoms. The molecule has 1 aromatic carbocycles. The van der Waals surface area contributed by atoms with E-state index in [0.29, 0.717) is 24.5 Å². The van der Waals surface area contributed by atoms with Crippen LogP contribution in [0.1, 0.15) is 13.8 Å². The number of methoxy groups -OCH3 is 1. The summed E-state index contributed by atoms with van der Waals surface area (Å²) in [4.78, 5) is 14.3. The third-order valence-electron chi connectivity index (χ3n) is 3.48. The minimum absolute atomic E-state index is 0.0530. The second-order valence-electron chi connectivity index (χ2n) is 5.52. The van der Waals surface area contributed by atoms with Gasteiger partial charge in [-0.15, -0.1) is 0 Å². The van der Waals surface area contributed by atoms with Crippen LogP contribution in [0.2, 0.25) is 0 Å². The predicted octanol–water partition coefficient (Wildman–Crippen LogP) is 2.15. The molecule has 1 aromatic rings. The van der Waals surface area contributed by atoms with Crippen molar-refractivity contribution in [1.29, 1.82) is 5.26 Å². The monoisotopic (exact) mass is 315 g/mol. The number of para-hydroxylation sites is 2. The van der Waals surface area contributed by atoms with E-state index >= 15 is 0 Å². The van der Waals surface area contributed by atoms with Crippen molar-refractivity contribution < 1.29 is 14.3 Å². The summed E-state index contributed by atoms with van der Waals surface area (Å²) in [7, 11) is 1.53. The Morgan fingerprint density at radius 2 is 2.04 bits per heavy atom. The molecular formula is C17H21N3O3. The standard InChI is InChI=1S/C17H21N3O3/c1-12-9-20(10-13(2)23-12)11-14(8-18)17(21)19-15-6-4-5-7-16(15)22-3/h4-7,11-13H,9-10H2,1-3H3,(H,19,21)/b14-11-. The fourth-order valence-electron chi connectivity index (χ4n) is 2.58. The second kappa shape index (κ2) is 7.65. The summed E-state index contributed by atoms with van der Waals surface area (Å²) in [6.45, 7) is 5.24. The van der Waals surface area contributed by atoms with E-state index in [1.54, 1.807) is 24.4 Å². The molecule has 2 atom stereocenters. The number of hydrogen-bond acceptors (Lipinski definition) is 5. The number of nitrogens with one attached hydrogen (secondary N) is 1. The number of hydrogen-bond donors (Lipinski definition) is 1. The number of amides is 1. The maximum absolute atomic E-state index is 12.3. The zero-order valence-electron chi connectivity index (χ0n) is 13.6. The van der Waals surface area contributed by atoms with Crippen LogP contribution in [0.25, 0.3) is 0 Å². The van der Waals surface area contributed by atoms with Crippen LogP contribution in [0.4, 0.5) is 5.69 Å². The van der Waals surface area contributed by atoms with Gasteiger partial charge in [-0.3, -0.25) is 4.79 Å². The summed E-state index contributed by atoms with van der Waals surface area (Å²) < 4.78 is 10.8. The first-order valence-corrected chi connectivity index (χ1v) is 7.49. The van der Waals surface area contributed by atoms with E-state index in [1.165, 1.54) is 7.11 Å². The van der Waals surface area contributed by atoms with Crippen molar-refractivity contribution in [1.82, 2.24) is 4.90 Å². The molecule has 1 N–H and O–H groups in total. The average molecular weight is 315 g/mol. The van der Waals surface area contributed by atoms with Gasteiger partial charge in [0.1, 0.15) is 17.4 Å². The molecule has 1 aliphatic rings. The number of rotatable bonds is 4. The van der Waals surface area contributed by atoms with Gasteiger partial charge in [-0.1, -0.05) is 12.1 Å². The quantitative estimate of drug-likeness (QED) is 0.681. The fourth-order valence-corrected chi connectivity index (χ4v) is 2.58. The smallest absolute Gasteiger partial charge is 0.267 e. The van der Waals surface area contributed by atoms with E-state index in [4.69, 9.17) is 9.47 Å². The SMILES string of the molecule is COc1ccccc1NC(=O)/C(C#N)=C\N1CC(C)OC(C)C1. The predicted molar refractivity (Wildman–Crippen MR) is 86.9 cm³/mol. The van der Waals surface area contributed by atoms with E-state index in [1.807, 2.05) is 30.9 Å². The Balaban J connectivity index is 2.12. The number of nitriles is 1. The number of nitrogens with zero attached hydrogens (tertiary/aromatic N) is 2. The number of ether oxygens (including phenoxy) is 2. The van der Waals surface area contributed by atoms with Crippen LogP contribution in [0.3, 0.4) is 0 Å². The van der Waals surface area contributed by atoms with Crippen LogP contribution in [-0.4, -0.2) is 43.2 Å². The molecule has 1 aliphatic heterocycles. The van der Waals surface area contributed by atoms with Gasteiger partial charge in [-0.05, 0) is 26.0 Å². The topological polar surface area (TPSA) is 74.6 Å². The first-order valence-electron chi connectivity index (χ1n) is 7.49. The van der Waals surface area contributed by atoms with Crippen molar-refractivity contribution >= 4 is 11.6 Å². The maximum Gasteiger partial charge on any atom is 0.267 e. The van der Waals surface area contributed by atoms with Gasteiger partial charge in [0.05, 0.1) is 25.0 Å². The Morgan fingerprint density at radius 1 is 1.39 bits per heavy atom. The van der Waals surface area contributed by atoms with Crippen LogP contribution in [0.5, 0.6) is 5.75 Å². The van der Waals surface area contributed by atoms with Crippen molar-refractivity contribution in [2.45, 2.75) is 26.1 Å². The van der Waals surface area contributed by atoms with E-state index in [-0.39, 0.29) is 17.8 Å². The summed E-state index contributed by atoms with van der Waals surface area (Å²) in [5.74, 6) is 0.0931. The second-order valence-corrected chi connectivity index (χ2v) is 5.52. The Morgan fingerprint density at radius 3 is 2.65 bits per heavy atom. The summed E-state index contributed by atoms with van der Waals surface area (Å²) in [5.41, 5.74) is 0.585. The van der Waals surface area contributed by atoms with Gasteiger partial charge < -0.3 is 19.7 Å². The van der Waals surface area contributed by atoms with Crippen LogP contribution in [0.15, 0.2) is 36.0 Å². The zero-order valence-corrected chi connectivity index (χ0v) is 13.6. The molecule has 1 fully saturated rings. The first-order chi connectivity index (χ1) is 11.0. The van der Waals surface area contributed by atoms with Gasteiger partial charge in [0, 0.05) is 19.3 Å². The Bertz CT molecular complexity index is 626. The van der Waals surface area contributed by atoms with Crippen molar-refractivity contribution in [3.05, 3.63) is 36.0 Å².